The van der Waals surface area contributed by atoms with Crippen molar-refractivity contribution in [3.8, 4) is 0 Å². The first-order chi connectivity index (χ1) is 10.6. The van der Waals surface area contributed by atoms with Crippen LogP contribution in [0.15, 0.2) is 30.3 Å². The molecule has 0 unspecified atom stereocenters. The molecule has 1 aromatic rings. The van der Waals surface area contributed by atoms with Gasteiger partial charge in [-0.3, -0.25) is 9.59 Å². The van der Waals surface area contributed by atoms with Crippen LogP contribution in [0.4, 0.5) is 0 Å². The summed E-state index contributed by atoms with van der Waals surface area (Å²) >= 11 is 0. The smallest absolute Gasteiger partial charge is 0.144 e. The van der Waals surface area contributed by atoms with Crippen LogP contribution in [0, 0.1) is 22.7 Å². The molecule has 112 valence electrons. The normalized spacial score (nSPS) is 44.7. The number of fused-ring (bicyclic) bond motifs is 2. The Morgan fingerprint density at radius 3 is 2.82 bits per heavy atom. The first-order valence-corrected chi connectivity index (χ1v) is 8.45. The highest BCUT2D eigenvalue weighted by Gasteiger charge is 2.75. The average molecular weight is 292 g/mol. The minimum Gasteiger partial charge on any atom is -0.299 e. The summed E-state index contributed by atoms with van der Waals surface area (Å²) in [5.74, 6) is 1.36. The van der Waals surface area contributed by atoms with Crippen LogP contribution in [0.3, 0.4) is 0 Å². The molecule has 0 bridgehead atoms. The number of carbonyl (C=O) groups is 2. The minimum atomic E-state index is -0.405. The van der Waals surface area contributed by atoms with Gasteiger partial charge in [-0.05, 0) is 29.9 Å². The van der Waals surface area contributed by atoms with Gasteiger partial charge in [0.05, 0.1) is 5.41 Å². The Hall–Kier alpha value is -1.70. The summed E-state index contributed by atoms with van der Waals surface area (Å²) in [5, 5.41) is 0. The fourth-order valence-electron chi connectivity index (χ4n) is 6.57. The maximum atomic E-state index is 13.1. The van der Waals surface area contributed by atoms with Crippen molar-refractivity contribution in [2.75, 3.05) is 0 Å². The Bertz CT molecular complexity index is 746. The second kappa shape index (κ2) is 3.79. The van der Waals surface area contributed by atoms with E-state index in [2.05, 4.69) is 43.3 Å². The second-order valence-corrected chi connectivity index (χ2v) is 7.68. The number of hydrogen-bond acceptors (Lipinski definition) is 2. The Morgan fingerprint density at radius 2 is 1.95 bits per heavy atom. The summed E-state index contributed by atoms with van der Waals surface area (Å²) in [6.07, 6.45) is 7.65. The third-order valence-corrected chi connectivity index (χ3v) is 7.39. The van der Waals surface area contributed by atoms with Crippen LogP contribution in [-0.2, 0) is 9.59 Å². The van der Waals surface area contributed by atoms with Gasteiger partial charge >= 0.3 is 0 Å². The van der Waals surface area contributed by atoms with Crippen LogP contribution >= 0.6 is 0 Å². The standard InChI is InChI=1S/C20H20O2/c1-12-17(21)10-14-11-18(22)20-8-6-13-4-2-3-5-15(13)16(20)7-9-19(12,14)20/h2-6,8,12,14,16H,7,9-11H2,1H3/t12-,14+,16-,19+,20+/m1/s1. The SMILES string of the molecule is C[C@@H]1C(=O)C[C@H]2CC(=O)[C@]34C=Cc5ccccc5[C@H]3CC[C@@]214. The van der Waals surface area contributed by atoms with Crippen molar-refractivity contribution in [2.45, 2.75) is 38.5 Å². The zero-order valence-electron chi connectivity index (χ0n) is 12.8. The first kappa shape index (κ1) is 12.8. The topological polar surface area (TPSA) is 34.1 Å². The lowest BCUT2D eigenvalue weighted by atomic mass is 9.56. The van der Waals surface area contributed by atoms with Gasteiger partial charge in [0, 0.05) is 30.1 Å². The van der Waals surface area contributed by atoms with Gasteiger partial charge in [0.1, 0.15) is 11.6 Å². The van der Waals surface area contributed by atoms with Crippen LogP contribution in [0.2, 0.25) is 0 Å². The monoisotopic (exact) mass is 292 g/mol. The summed E-state index contributed by atoms with van der Waals surface area (Å²) < 4.78 is 0. The molecule has 3 fully saturated rings. The quantitative estimate of drug-likeness (QED) is 0.729. The molecule has 0 amide bonds. The molecule has 2 nitrogen and oxygen atoms in total. The molecule has 0 N–H and O–H groups in total. The summed E-state index contributed by atoms with van der Waals surface area (Å²) in [4.78, 5) is 25.5. The number of Topliss-reactive ketones (excluding diaryl/α,β-unsaturated/α-hetero) is 2. The second-order valence-electron chi connectivity index (χ2n) is 7.68. The lowest BCUT2D eigenvalue weighted by molar-refractivity contribution is -0.130. The predicted octanol–water partition coefficient (Wildman–Crippen LogP) is 3.76. The van der Waals surface area contributed by atoms with Crippen molar-refractivity contribution in [3.63, 3.8) is 0 Å². The van der Waals surface area contributed by atoms with Crippen molar-refractivity contribution >= 4 is 17.6 Å². The van der Waals surface area contributed by atoms with Gasteiger partial charge in [0.15, 0.2) is 0 Å². The lowest BCUT2D eigenvalue weighted by Gasteiger charge is -2.45. The molecule has 0 saturated heterocycles. The Morgan fingerprint density at radius 1 is 1.14 bits per heavy atom. The molecular formula is C20H20O2. The number of rotatable bonds is 0. The van der Waals surface area contributed by atoms with E-state index in [1.54, 1.807) is 0 Å². The van der Waals surface area contributed by atoms with Gasteiger partial charge in [-0.15, -0.1) is 0 Å². The molecule has 0 heterocycles. The minimum absolute atomic E-state index is 0.0314. The third kappa shape index (κ3) is 1.11. The molecule has 0 aromatic heterocycles. The van der Waals surface area contributed by atoms with E-state index in [4.69, 9.17) is 0 Å². The van der Waals surface area contributed by atoms with Crippen molar-refractivity contribution in [1.82, 2.24) is 0 Å². The fraction of sp³-hybridized carbons (Fsp3) is 0.500. The predicted molar refractivity (Wildman–Crippen MR) is 84.2 cm³/mol. The van der Waals surface area contributed by atoms with Crippen LogP contribution in [0.25, 0.3) is 6.08 Å². The van der Waals surface area contributed by atoms with Gasteiger partial charge in [-0.1, -0.05) is 43.3 Å². The molecule has 4 aliphatic carbocycles. The van der Waals surface area contributed by atoms with Crippen molar-refractivity contribution in [3.05, 3.63) is 41.5 Å². The number of hydrogen-bond donors (Lipinski definition) is 0. The van der Waals surface area contributed by atoms with Crippen molar-refractivity contribution < 1.29 is 9.59 Å². The largest absolute Gasteiger partial charge is 0.299 e. The summed E-state index contributed by atoms with van der Waals surface area (Å²) in [6, 6.07) is 8.47. The number of benzene rings is 1. The zero-order valence-corrected chi connectivity index (χ0v) is 12.8. The summed E-state index contributed by atoms with van der Waals surface area (Å²) in [6.45, 7) is 2.08. The average Bonchev–Trinajstić information content (AvgIpc) is 3.08. The van der Waals surface area contributed by atoms with E-state index in [-0.39, 0.29) is 23.2 Å². The van der Waals surface area contributed by atoms with Gasteiger partial charge in [0.2, 0.25) is 0 Å². The summed E-state index contributed by atoms with van der Waals surface area (Å²) in [5.41, 5.74) is 2.07. The fourth-order valence-corrected chi connectivity index (χ4v) is 6.57. The van der Waals surface area contributed by atoms with E-state index < -0.39 is 5.41 Å². The van der Waals surface area contributed by atoms with E-state index in [1.165, 1.54) is 11.1 Å². The van der Waals surface area contributed by atoms with E-state index in [0.29, 0.717) is 24.4 Å². The van der Waals surface area contributed by atoms with Crippen LogP contribution < -0.4 is 0 Å². The summed E-state index contributed by atoms with van der Waals surface area (Å²) in [7, 11) is 0. The molecule has 22 heavy (non-hydrogen) atoms. The molecule has 2 heteroatoms. The Balaban J connectivity index is 1.78. The van der Waals surface area contributed by atoms with Gasteiger partial charge in [-0.25, -0.2) is 0 Å². The molecule has 2 spiro atoms. The van der Waals surface area contributed by atoms with E-state index in [0.717, 1.165) is 12.8 Å². The highest BCUT2D eigenvalue weighted by molar-refractivity contribution is 5.99. The maximum Gasteiger partial charge on any atom is 0.144 e. The molecule has 1 aromatic carbocycles. The first-order valence-electron chi connectivity index (χ1n) is 8.45. The van der Waals surface area contributed by atoms with Crippen LogP contribution in [0.5, 0.6) is 0 Å². The highest BCUT2D eigenvalue weighted by Crippen LogP contribution is 2.76. The molecular weight excluding hydrogens is 272 g/mol. The lowest BCUT2D eigenvalue weighted by Crippen LogP contribution is -2.45. The van der Waals surface area contributed by atoms with E-state index in [1.807, 2.05) is 0 Å². The highest BCUT2D eigenvalue weighted by atomic mass is 16.1. The Kier molecular flexibility index (Phi) is 2.21. The zero-order chi connectivity index (χ0) is 15.1. The van der Waals surface area contributed by atoms with Crippen molar-refractivity contribution in [2.24, 2.45) is 22.7 Å². The van der Waals surface area contributed by atoms with Crippen LogP contribution in [0.1, 0.15) is 49.7 Å². The van der Waals surface area contributed by atoms with Gasteiger partial charge in [-0.2, -0.15) is 0 Å². The molecule has 4 aliphatic rings. The molecule has 0 aliphatic heterocycles. The van der Waals surface area contributed by atoms with Crippen molar-refractivity contribution in [1.29, 1.82) is 0 Å². The van der Waals surface area contributed by atoms with E-state index >= 15 is 0 Å². The van der Waals surface area contributed by atoms with Crippen LogP contribution in [-0.4, -0.2) is 11.6 Å². The number of ketones is 2. The Labute approximate surface area is 130 Å². The van der Waals surface area contributed by atoms with E-state index in [9.17, 15) is 9.59 Å². The molecule has 0 radical (unpaired) electrons. The number of carbonyl (C=O) groups excluding carboxylic acids is 2. The third-order valence-electron chi connectivity index (χ3n) is 7.39. The van der Waals surface area contributed by atoms with Gasteiger partial charge in [0.25, 0.3) is 0 Å². The molecule has 3 saturated carbocycles. The van der Waals surface area contributed by atoms with Gasteiger partial charge < -0.3 is 0 Å². The number of allylic oxidation sites excluding steroid dienone is 1. The maximum absolute atomic E-state index is 13.1. The molecule has 5 atom stereocenters. The molecule has 5 rings (SSSR count).